The minimum absolute atomic E-state index is 0.127. The first kappa shape index (κ1) is 12.4. The number of rotatable bonds is 3. The maximum absolute atomic E-state index is 11.6. The van der Waals surface area contributed by atoms with E-state index in [0.717, 1.165) is 6.42 Å². The third kappa shape index (κ3) is 3.17. The van der Waals surface area contributed by atoms with Crippen LogP contribution in [-0.4, -0.2) is 37.9 Å². The highest BCUT2D eigenvalue weighted by molar-refractivity contribution is 7.92. The largest absolute Gasteiger partial charge is 0.351 e. The molecule has 0 aromatic carbocycles. The van der Waals surface area contributed by atoms with Crippen LogP contribution in [0.4, 0.5) is 0 Å². The second-order valence-electron chi connectivity index (χ2n) is 4.00. The van der Waals surface area contributed by atoms with Gasteiger partial charge in [-0.15, -0.1) is 0 Å². The van der Waals surface area contributed by atoms with Crippen LogP contribution in [0.15, 0.2) is 0 Å². The van der Waals surface area contributed by atoms with Gasteiger partial charge in [0.05, 0.1) is 5.75 Å². The highest BCUT2D eigenvalue weighted by atomic mass is 32.2. The maximum atomic E-state index is 11.6. The van der Waals surface area contributed by atoms with E-state index < -0.39 is 21.0 Å². The van der Waals surface area contributed by atoms with E-state index >= 15 is 0 Å². The molecule has 0 bridgehead atoms. The molecule has 1 saturated heterocycles. The molecule has 3 N–H and O–H groups in total. The van der Waals surface area contributed by atoms with E-state index in [9.17, 15) is 13.2 Å². The number of hydrogen-bond acceptors (Lipinski definition) is 4. The van der Waals surface area contributed by atoms with Gasteiger partial charge in [-0.3, -0.25) is 4.79 Å². The minimum Gasteiger partial charge on any atom is -0.351 e. The molecule has 1 fully saturated rings. The summed E-state index contributed by atoms with van der Waals surface area (Å²) in [6.45, 7) is 2.08. The summed E-state index contributed by atoms with van der Waals surface area (Å²) < 4.78 is 23.2. The molecule has 0 saturated carbocycles. The van der Waals surface area contributed by atoms with Crippen molar-refractivity contribution in [3.8, 4) is 0 Å². The molecule has 0 radical (unpaired) electrons. The van der Waals surface area contributed by atoms with Crippen molar-refractivity contribution in [2.24, 2.45) is 5.73 Å². The van der Waals surface area contributed by atoms with Crippen LogP contribution in [-0.2, 0) is 14.6 Å². The average molecular weight is 234 g/mol. The third-order valence-electron chi connectivity index (χ3n) is 2.61. The monoisotopic (exact) mass is 234 g/mol. The van der Waals surface area contributed by atoms with Gasteiger partial charge in [0.25, 0.3) is 0 Å². The number of hydrogen-bond donors (Lipinski definition) is 2. The number of carbonyl (C=O) groups excluding carboxylic acids is 1. The molecule has 1 unspecified atom stereocenters. The molecule has 88 valence electrons. The first-order valence-corrected chi connectivity index (χ1v) is 6.91. The van der Waals surface area contributed by atoms with E-state index in [2.05, 4.69) is 5.32 Å². The van der Waals surface area contributed by atoms with Crippen LogP contribution in [0.2, 0.25) is 0 Å². The van der Waals surface area contributed by atoms with Crippen molar-refractivity contribution in [1.82, 2.24) is 5.32 Å². The smallest absolute Gasteiger partial charge is 0.238 e. The predicted molar refractivity (Wildman–Crippen MR) is 58.1 cm³/mol. The van der Waals surface area contributed by atoms with Gasteiger partial charge in [-0.25, -0.2) is 8.42 Å². The van der Waals surface area contributed by atoms with E-state index in [0.29, 0.717) is 19.4 Å². The first-order chi connectivity index (χ1) is 6.97. The van der Waals surface area contributed by atoms with E-state index in [4.69, 9.17) is 5.73 Å². The summed E-state index contributed by atoms with van der Waals surface area (Å²) in [5.41, 5.74) is 5.35. The topological polar surface area (TPSA) is 89.3 Å². The normalized spacial score (nSPS) is 26.9. The Morgan fingerprint density at radius 2 is 2.20 bits per heavy atom. The van der Waals surface area contributed by atoms with Gasteiger partial charge in [-0.05, 0) is 19.8 Å². The molecule has 1 rings (SSSR count). The Morgan fingerprint density at radius 3 is 2.73 bits per heavy atom. The van der Waals surface area contributed by atoms with Crippen LogP contribution in [0.3, 0.4) is 0 Å². The number of sulfone groups is 1. The average Bonchev–Trinajstić information content (AvgIpc) is 2.16. The molecular formula is C9H18N2O3S. The van der Waals surface area contributed by atoms with Gasteiger partial charge in [-0.2, -0.15) is 0 Å². The zero-order valence-corrected chi connectivity index (χ0v) is 9.72. The molecular weight excluding hydrogens is 216 g/mol. The molecule has 0 aromatic heterocycles. The van der Waals surface area contributed by atoms with Crippen LogP contribution < -0.4 is 11.1 Å². The van der Waals surface area contributed by atoms with Crippen molar-refractivity contribution in [2.45, 2.75) is 37.5 Å². The van der Waals surface area contributed by atoms with E-state index in [1.807, 2.05) is 0 Å². The van der Waals surface area contributed by atoms with Gasteiger partial charge in [-0.1, -0.05) is 6.42 Å². The van der Waals surface area contributed by atoms with Gasteiger partial charge in [0.1, 0.15) is 5.25 Å². The Bertz CT molecular complexity index is 326. The lowest BCUT2D eigenvalue weighted by Crippen LogP contribution is -2.47. The molecule has 1 amide bonds. The van der Waals surface area contributed by atoms with Crippen molar-refractivity contribution >= 4 is 15.7 Å². The molecule has 1 heterocycles. The molecule has 1 aliphatic rings. The summed E-state index contributed by atoms with van der Waals surface area (Å²) in [6.07, 6.45) is 1.90. The summed E-state index contributed by atoms with van der Waals surface area (Å²) in [4.78, 5) is 11.6. The number of amides is 1. The SMILES string of the molecule is C[C@H](CN)NC(=O)C1CCCCS1(=O)=O. The van der Waals surface area contributed by atoms with Gasteiger partial charge in [0, 0.05) is 12.6 Å². The highest BCUT2D eigenvalue weighted by Crippen LogP contribution is 2.19. The molecule has 0 spiro atoms. The van der Waals surface area contributed by atoms with Gasteiger partial charge >= 0.3 is 0 Å². The first-order valence-electron chi connectivity index (χ1n) is 5.19. The molecule has 5 nitrogen and oxygen atoms in total. The van der Waals surface area contributed by atoms with E-state index in [-0.39, 0.29) is 11.8 Å². The standard InChI is InChI=1S/C9H18N2O3S/c1-7(6-10)11-9(12)8-4-2-3-5-15(8,13)14/h7-8H,2-6,10H2,1H3,(H,11,12)/t7-,8?/m1/s1. The molecule has 2 atom stereocenters. The van der Waals surface area contributed by atoms with Crippen LogP contribution in [0.1, 0.15) is 26.2 Å². The van der Waals surface area contributed by atoms with Crippen molar-refractivity contribution in [1.29, 1.82) is 0 Å². The Labute approximate surface area is 90.3 Å². The fourth-order valence-electron chi connectivity index (χ4n) is 1.64. The van der Waals surface area contributed by atoms with Crippen molar-refractivity contribution in [2.75, 3.05) is 12.3 Å². The lowest BCUT2D eigenvalue weighted by molar-refractivity contribution is -0.121. The van der Waals surface area contributed by atoms with Crippen LogP contribution >= 0.6 is 0 Å². The van der Waals surface area contributed by atoms with Crippen molar-refractivity contribution in [3.05, 3.63) is 0 Å². The second-order valence-corrected chi connectivity index (χ2v) is 6.30. The number of carbonyl (C=O) groups is 1. The highest BCUT2D eigenvalue weighted by Gasteiger charge is 2.34. The zero-order valence-electron chi connectivity index (χ0n) is 8.90. The van der Waals surface area contributed by atoms with Gasteiger partial charge in [0.15, 0.2) is 9.84 Å². The minimum atomic E-state index is -3.23. The lowest BCUT2D eigenvalue weighted by atomic mass is 10.1. The second kappa shape index (κ2) is 4.94. The molecule has 0 aliphatic carbocycles. The Morgan fingerprint density at radius 1 is 1.53 bits per heavy atom. The van der Waals surface area contributed by atoms with Crippen molar-refractivity contribution in [3.63, 3.8) is 0 Å². The zero-order chi connectivity index (χ0) is 11.5. The quantitative estimate of drug-likeness (QED) is 0.683. The lowest BCUT2D eigenvalue weighted by Gasteiger charge is -2.23. The fraction of sp³-hybridized carbons (Fsp3) is 0.889. The van der Waals surface area contributed by atoms with Crippen LogP contribution in [0, 0.1) is 0 Å². The van der Waals surface area contributed by atoms with Crippen LogP contribution in [0.25, 0.3) is 0 Å². The Hall–Kier alpha value is -0.620. The summed E-state index contributed by atoms with van der Waals surface area (Å²) in [7, 11) is -3.23. The van der Waals surface area contributed by atoms with E-state index in [1.54, 1.807) is 6.92 Å². The molecule has 15 heavy (non-hydrogen) atoms. The van der Waals surface area contributed by atoms with Gasteiger partial charge in [0.2, 0.25) is 5.91 Å². The van der Waals surface area contributed by atoms with Gasteiger partial charge < -0.3 is 11.1 Å². The molecule has 6 heteroatoms. The maximum Gasteiger partial charge on any atom is 0.238 e. The predicted octanol–water partition coefficient (Wildman–Crippen LogP) is -0.583. The Kier molecular flexibility index (Phi) is 4.10. The van der Waals surface area contributed by atoms with E-state index in [1.165, 1.54) is 0 Å². The van der Waals surface area contributed by atoms with Crippen molar-refractivity contribution < 1.29 is 13.2 Å². The third-order valence-corrected chi connectivity index (χ3v) is 4.79. The molecule has 0 aromatic rings. The summed E-state index contributed by atoms with van der Waals surface area (Å²) >= 11 is 0. The summed E-state index contributed by atoms with van der Waals surface area (Å²) in [6, 6.07) is -0.172. The number of nitrogens with two attached hydrogens (primary N) is 1. The van der Waals surface area contributed by atoms with Crippen LogP contribution in [0.5, 0.6) is 0 Å². The Balaban J connectivity index is 2.65. The number of nitrogens with one attached hydrogen (secondary N) is 1. The summed E-state index contributed by atoms with van der Waals surface area (Å²) in [5, 5.41) is 1.75. The molecule has 1 aliphatic heterocycles. The summed E-state index contributed by atoms with van der Waals surface area (Å²) in [5.74, 6) is -0.269. The fourth-order valence-corrected chi connectivity index (χ4v) is 3.45.